The molecule has 2 aromatic heterocycles. The number of aromatic nitrogens is 4. The average Bonchev–Trinajstić information content (AvgIpc) is 3.07. The predicted octanol–water partition coefficient (Wildman–Crippen LogP) is -1.66. The van der Waals surface area contributed by atoms with E-state index in [0.29, 0.717) is 0 Å². The molecular weight excluding hydrogens is 322 g/mol. The SMILES string of the molecule is CO[C@@H]1[C@H](O)[C@@H](CO)O[C@H]1n1cnc2c(NC(C)=O)[nH]c(=O)nc21. The minimum absolute atomic E-state index is 0.113. The lowest BCUT2D eigenvalue weighted by atomic mass is 10.1. The smallest absolute Gasteiger partial charge is 0.348 e. The van der Waals surface area contributed by atoms with Gasteiger partial charge in [0.1, 0.15) is 29.6 Å². The Bertz CT molecular complexity index is 817. The molecule has 1 saturated heterocycles. The van der Waals surface area contributed by atoms with E-state index < -0.39 is 36.8 Å². The number of aliphatic hydroxyl groups excluding tert-OH is 2. The Morgan fingerprint density at radius 1 is 1.58 bits per heavy atom. The van der Waals surface area contributed by atoms with Crippen LogP contribution in [0.4, 0.5) is 5.82 Å². The average molecular weight is 339 g/mol. The van der Waals surface area contributed by atoms with E-state index in [1.54, 1.807) is 0 Å². The molecule has 0 spiro atoms. The van der Waals surface area contributed by atoms with Crippen molar-refractivity contribution in [3.8, 4) is 0 Å². The van der Waals surface area contributed by atoms with E-state index in [1.807, 2.05) is 0 Å². The molecule has 11 nitrogen and oxygen atoms in total. The molecule has 0 radical (unpaired) electrons. The summed E-state index contributed by atoms with van der Waals surface area (Å²) in [5.41, 5.74) is -0.273. The fourth-order valence-corrected chi connectivity index (χ4v) is 2.73. The van der Waals surface area contributed by atoms with Crippen LogP contribution >= 0.6 is 0 Å². The van der Waals surface area contributed by atoms with Gasteiger partial charge >= 0.3 is 5.69 Å². The van der Waals surface area contributed by atoms with E-state index in [1.165, 1.54) is 24.9 Å². The van der Waals surface area contributed by atoms with Gasteiger partial charge in [-0.3, -0.25) is 14.3 Å². The number of carbonyl (C=O) groups excluding carboxylic acids is 1. The highest BCUT2D eigenvalue weighted by molar-refractivity contribution is 5.95. The maximum absolute atomic E-state index is 11.8. The zero-order valence-electron chi connectivity index (χ0n) is 13.0. The highest BCUT2D eigenvalue weighted by atomic mass is 16.6. The maximum Gasteiger partial charge on any atom is 0.348 e. The van der Waals surface area contributed by atoms with Gasteiger partial charge in [0.25, 0.3) is 0 Å². The molecule has 0 aliphatic carbocycles. The molecule has 0 aromatic carbocycles. The van der Waals surface area contributed by atoms with Crippen molar-refractivity contribution in [3.63, 3.8) is 0 Å². The van der Waals surface area contributed by atoms with Crippen molar-refractivity contribution >= 4 is 22.9 Å². The lowest BCUT2D eigenvalue weighted by molar-refractivity contribution is -0.114. The molecule has 11 heteroatoms. The van der Waals surface area contributed by atoms with Crippen molar-refractivity contribution in [2.45, 2.75) is 31.5 Å². The Morgan fingerprint density at radius 3 is 2.96 bits per heavy atom. The monoisotopic (exact) mass is 339 g/mol. The molecule has 1 aliphatic heterocycles. The summed E-state index contributed by atoms with van der Waals surface area (Å²) in [6.07, 6.45) is -2.16. The number of fused-ring (bicyclic) bond motifs is 1. The van der Waals surface area contributed by atoms with Crippen LogP contribution in [0.3, 0.4) is 0 Å². The molecule has 2 aromatic rings. The fraction of sp³-hybridized carbons (Fsp3) is 0.538. The van der Waals surface area contributed by atoms with E-state index in [9.17, 15) is 19.8 Å². The van der Waals surface area contributed by atoms with Crippen LogP contribution < -0.4 is 11.0 Å². The molecule has 130 valence electrons. The van der Waals surface area contributed by atoms with E-state index in [4.69, 9.17) is 9.47 Å². The van der Waals surface area contributed by atoms with Gasteiger partial charge in [-0.1, -0.05) is 0 Å². The van der Waals surface area contributed by atoms with Crippen molar-refractivity contribution in [2.75, 3.05) is 19.0 Å². The first-order valence-corrected chi connectivity index (χ1v) is 7.18. The molecule has 0 unspecified atom stereocenters. The minimum Gasteiger partial charge on any atom is -0.394 e. The molecule has 24 heavy (non-hydrogen) atoms. The van der Waals surface area contributed by atoms with Crippen LogP contribution in [-0.4, -0.2) is 67.7 Å². The highest BCUT2D eigenvalue weighted by Crippen LogP contribution is 2.33. The van der Waals surface area contributed by atoms with Gasteiger partial charge in [0.2, 0.25) is 5.91 Å². The standard InChI is InChI=1S/C13H17N5O6/c1-5(20)15-10-7-11(17-13(22)16-10)18(4-14-7)12-9(23-2)8(21)6(3-19)24-12/h4,6,8-9,12,19,21H,3H2,1-2H3,(H2,15,16,17,20,22)/t6-,8-,9-,12-/m1/s1. The second kappa shape index (κ2) is 6.28. The minimum atomic E-state index is -1.06. The molecule has 0 bridgehead atoms. The molecule has 3 rings (SSSR count). The largest absolute Gasteiger partial charge is 0.394 e. The van der Waals surface area contributed by atoms with Crippen molar-refractivity contribution in [1.82, 2.24) is 19.5 Å². The number of nitrogens with one attached hydrogen (secondary N) is 2. The number of aromatic amines is 1. The number of rotatable bonds is 4. The number of aliphatic hydroxyl groups is 2. The Morgan fingerprint density at radius 2 is 2.33 bits per heavy atom. The van der Waals surface area contributed by atoms with Crippen molar-refractivity contribution in [3.05, 3.63) is 16.8 Å². The van der Waals surface area contributed by atoms with Gasteiger partial charge in [-0.15, -0.1) is 0 Å². The Kier molecular flexibility index (Phi) is 4.32. The Labute approximate surface area is 135 Å². The van der Waals surface area contributed by atoms with Gasteiger partial charge in [-0.25, -0.2) is 9.78 Å². The van der Waals surface area contributed by atoms with Crippen molar-refractivity contribution < 1.29 is 24.5 Å². The number of nitrogens with zero attached hydrogens (tertiary/aromatic N) is 3. The summed E-state index contributed by atoms with van der Waals surface area (Å²) in [5.74, 6) is -0.266. The number of ether oxygens (including phenoxy) is 2. The molecule has 1 fully saturated rings. The third kappa shape index (κ3) is 2.67. The molecule has 4 N–H and O–H groups in total. The number of carbonyl (C=O) groups is 1. The molecule has 0 saturated carbocycles. The quantitative estimate of drug-likeness (QED) is 0.517. The molecule has 3 heterocycles. The van der Waals surface area contributed by atoms with Crippen molar-refractivity contribution in [1.29, 1.82) is 0 Å². The van der Waals surface area contributed by atoms with E-state index >= 15 is 0 Å². The lowest BCUT2D eigenvalue weighted by Crippen LogP contribution is -2.34. The molecule has 4 atom stereocenters. The zero-order valence-corrected chi connectivity index (χ0v) is 13.0. The fourth-order valence-electron chi connectivity index (χ4n) is 2.73. The van der Waals surface area contributed by atoms with Gasteiger partial charge in [0, 0.05) is 14.0 Å². The summed E-state index contributed by atoms with van der Waals surface area (Å²) >= 11 is 0. The Balaban J connectivity index is 2.09. The van der Waals surface area contributed by atoms with E-state index in [-0.39, 0.29) is 22.9 Å². The van der Waals surface area contributed by atoms with Gasteiger partial charge in [0.15, 0.2) is 11.9 Å². The first-order chi connectivity index (χ1) is 11.5. The van der Waals surface area contributed by atoms with Gasteiger partial charge in [0.05, 0.1) is 12.9 Å². The number of hydrogen-bond acceptors (Lipinski definition) is 8. The Hall–Kier alpha value is -2.34. The second-order valence-corrected chi connectivity index (χ2v) is 5.36. The zero-order chi connectivity index (χ0) is 17.4. The summed E-state index contributed by atoms with van der Waals surface area (Å²) in [7, 11) is 1.39. The van der Waals surface area contributed by atoms with E-state index in [0.717, 1.165) is 0 Å². The first kappa shape index (κ1) is 16.5. The van der Waals surface area contributed by atoms with Gasteiger partial charge < -0.3 is 25.0 Å². The van der Waals surface area contributed by atoms with Crippen LogP contribution in [0.1, 0.15) is 13.2 Å². The lowest BCUT2D eigenvalue weighted by Gasteiger charge is -2.19. The summed E-state index contributed by atoms with van der Waals surface area (Å²) in [5, 5.41) is 21.9. The topological polar surface area (TPSA) is 152 Å². The summed E-state index contributed by atoms with van der Waals surface area (Å²) in [4.78, 5) is 33.4. The van der Waals surface area contributed by atoms with Crippen LogP contribution in [0.2, 0.25) is 0 Å². The molecule has 1 amide bonds. The van der Waals surface area contributed by atoms with Gasteiger partial charge in [-0.2, -0.15) is 4.98 Å². The van der Waals surface area contributed by atoms with Gasteiger partial charge in [-0.05, 0) is 0 Å². The maximum atomic E-state index is 11.8. The van der Waals surface area contributed by atoms with Crippen LogP contribution in [0.25, 0.3) is 11.2 Å². The summed E-state index contributed by atoms with van der Waals surface area (Å²) in [6.45, 7) is 0.903. The van der Waals surface area contributed by atoms with Crippen LogP contribution in [0.15, 0.2) is 11.1 Å². The van der Waals surface area contributed by atoms with Crippen LogP contribution in [0, 0.1) is 0 Å². The highest BCUT2D eigenvalue weighted by Gasteiger charge is 2.45. The van der Waals surface area contributed by atoms with E-state index in [2.05, 4.69) is 20.3 Å². The predicted molar refractivity (Wildman–Crippen MR) is 80.3 cm³/mol. The first-order valence-electron chi connectivity index (χ1n) is 7.18. The number of imidazole rings is 1. The third-order valence-corrected chi connectivity index (χ3v) is 3.78. The summed E-state index contributed by atoms with van der Waals surface area (Å²) < 4.78 is 12.3. The molecular formula is C13H17N5O6. The number of anilines is 1. The third-order valence-electron chi connectivity index (χ3n) is 3.78. The normalized spacial score (nSPS) is 26.8. The summed E-state index contributed by atoms with van der Waals surface area (Å²) in [6, 6.07) is 0. The van der Waals surface area contributed by atoms with Crippen LogP contribution in [0.5, 0.6) is 0 Å². The number of H-pyrrole nitrogens is 1. The molecule has 1 aliphatic rings. The van der Waals surface area contributed by atoms with Crippen molar-refractivity contribution in [2.24, 2.45) is 0 Å². The van der Waals surface area contributed by atoms with Crippen LogP contribution in [-0.2, 0) is 14.3 Å². The number of methoxy groups -OCH3 is 1. The number of hydrogen-bond donors (Lipinski definition) is 4. The second-order valence-electron chi connectivity index (χ2n) is 5.36. The number of amides is 1.